The van der Waals surface area contributed by atoms with Crippen molar-refractivity contribution in [1.29, 1.82) is 0 Å². The molecule has 0 aliphatic rings. The molecule has 0 fully saturated rings. The summed E-state index contributed by atoms with van der Waals surface area (Å²) in [7, 11) is 0. The molecule has 2 N–H and O–H groups in total. The van der Waals surface area contributed by atoms with Gasteiger partial charge in [-0.1, -0.05) is 30.7 Å². The average Bonchev–Trinajstić information content (AvgIpc) is 2.34. The zero-order chi connectivity index (χ0) is 12.5. The van der Waals surface area contributed by atoms with Crippen LogP contribution in [0.1, 0.15) is 41.6 Å². The van der Waals surface area contributed by atoms with Crippen LogP contribution in [-0.2, 0) is 0 Å². The summed E-state index contributed by atoms with van der Waals surface area (Å²) in [5.41, 5.74) is 1.32. The maximum atomic E-state index is 10.6. The standard InChI is InChI=1S/C14H18O3/c15-11-5-3-1-2-4-6-12-7-9-13(10-8-12)14(16)17/h4,6-10,15H,1-3,5,11H2,(H,16,17). The van der Waals surface area contributed by atoms with Gasteiger partial charge in [0.1, 0.15) is 0 Å². The first-order valence-corrected chi connectivity index (χ1v) is 5.85. The molecule has 0 aromatic heterocycles. The van der Waals surface area contributed by atoms with E-state index in [1.165, 1.54) is 0 Å². The van der Waals surface area contributed by atoms with Crippen molar-refractivity contribution in [2.24, 2.45) is 0 Å². The Morgan fingerprint density at radius 1 is 1.12 bits per heavy atom. The first-order chi connectivity index (χ1) is 8.24. The van der Waals surface area contributed by atoms with E-state index < -0.39 is 5.97 Å². The first kappa shape index (κ1) is 13.5. The number of aliphatic hydroxyl groups is 1. The summed E-state index contributed by atoms with van der Waals surface area (Å²) in [6.45, 7) is 0.264. The second-order valence-electron chi connectivity index (χ2n) is 3.90. The van der Waals surface area contributed by atoms with E-state index in [1.54, 1.807) is 24.3 Å². The van der Waals surface area contributed by atoms with Gasteiger partial charge in [0, 0.05) is 6.61 Å². The summed E-state index contributed by atoms with van der Waals surface area (Å²) in [6.07, 6.45) is 8.03. The van der Waals surface area contributed by atoms with Crippen LogP contribution in [-0.4, -0.2) is 22.8 Å². The van der Waals surface area contributed by atoms with Gasteiger partial charge in [0.2, 0.25) is 0 Å². The monoisotopic (exact) mass is 234 g/mol. The SMILES string of the molecule is O=C(O)c1ccc(C=CCCCCCO)cc1. The van der Waals surface area contributed by atoms with E-state index >= 15 is 0 Å². The van der Waals surface area contributed by atoms with Gasteiger partial charge < -0.3 is 10.2 Å². The van der Waals surface area contributed by atoms with Crippen molar-refractivity contribution in [3.63, 3.8) is 0 Å². The van der Waals surface area contributed by atoms with Gasteiger partial charge in [-0.25, -0.2) is 4.79 Å². The van der Waals surface area contributed by atoms with Crippen LogP contribution < -0.4 is 0 Å². The molecule has 1 aromatic rings. The third-order valence-electron chi connectivity index (χ3n) is 2.50. The predicted molar refractivity (Wildman–Crippen MR) is 68.0 cm³/mol. The number of rotatable bonds is 7. The van der Waals surface area contributed by atoms with Crippen LogP contribution >= 0.6 is 0 Å². The topological polar surface area (TPSA) is 57.5 Å². The minimum atomic E-state index is -0.899. The third-order valence-corrected chi connectivity index (χ3v) is 2.50. The second-order valence-corrected chi connectivity index (χ2v) is 3.90. The lowest BCUT2D eigenvalue weighted by Crippen LogP contribution is -1.94. The Labute approximate surface area is 101 Å². The molecular weight excluding hydrogens is 216 g/mol. The quantitative estimate of drug-likeness (QED) is 0.713. The smallest absolute Gasteiger partial charge is 0.335 e. The van der Waals surface area contributed by atoms with Crippen molar-refractivity contribution in [2.45, 2.75) is 25.7 Å². The normalized spacial score (nSPS) is 10.9. The fourth-order valence-corrected chi connectivity index (χ4v) is 1.51. The molecule has 3 nitrogen and oxygen atoms in total. The lowest BCUT2D eigenvalue weighted by atomic mass is 10.1. The minimum Gasteiger partial charge on any atom is -0.478 e. The Hall–Kier alpha value is -1.61. The Bertz CT molecular complexity index is 366. The molecular formula is C14H18O3. The number of hydrogen-bond acceptors (Lipinski definition) is 2. The summed E-state index contributed by atoms with van der Waals surface area (Å²) in [5, 5.41) is 17.3. The Morgan fingerprint density at radius 3 is 2.41 bits per heavy atom. The number of allylic oxidation sites excluding steroid dienone is 1. The van der Waals surface area contributed by atoms with Crippen LogP contribution in [0.15, 0.2) is 30.3 Å². The summed E-state index contributed by atoms with van der Waals surface area (Å²) in [4.78, 5) is 10.6. The molecule has 0 heterocycles. The number of aromatic carboxylic acids is 1. The molecule has 0 bridgehead atoms. The van der Waals surface area contributed by atoms with E-state index in [4.69, 9.17) is 10.2 Å². The highest BCUT2D eigenvalue weighted by Crippen LogP contribution is 2.08. The van der Waals surface area contributed by atoms with E-state index in [0.29, 0.717) is 5.56 Å². The van der Waals surface area contributed by atoms with Crippen LogP contribution in [0, 0.1) is 0 Å². The molecule has 0 saturated heterocycles. The van der Waals surface area contributed by atoms with E-state index in [2.05, 4.69) is 6.08 Å². The van der Waals surface area contributed by atoms with Gasteiger partial charge in [-0.3, -0.25) is 0 Å². The summed E-state index contributed by atoms with van der Waals surface area (Å²) >= 11 is 0. The number of carboxylic acids is 1. The van der Waals surface area contributed by atoms with Crippen LogP contribution in [0.5, 0.6) is 0 Å². The van der Waals surface area contributed by atoms with Crippen LogP contribution in [0.3, 0.4) is 0 Å². The molecule has 1 aromatic carbocycles. The molecule has 92 valence electrons. The molecule has 3 heteroatoms. The van der Waals surface area contributed by atoms with Crippen molar-refractivity contribution in [2.75, 3.05) is 6.61 Å². The third kappa shape index (κ3) is 5.31. The predicted octanol–water partition coefficient (Wildman–Crippen LogP) is 2.95. The zero-order valence-corrected chi connectivity index (χ0v) is 9.80. The molecule has 0 radical (unpaired) electrons. The maximum absolute atomic E-state index is 10.6. The lowest BCUT2D eigenvalue weighted by Gasteiger charge is -1.96. The highest BCUT2D eigenvalue weighted by molar-refractivity contribution is 5.87. The number of aliphatic hydroxyl groups excluding tert-OH is 1. The molecule has 1 rings (SSSR count). The minimum absolute atomic E-state index is 0.264. The van der Waals surface area contributed by atoms with Gasteiger partial charge in [0.25, 0.3) is 0 Å². The molecule has 0 saturated carbocycles. The number of unbranched alkanes of at least 4 members (excludes halogenated alkanes) is 3. The fraction of sp³-hybridized carbons (Fsp3) is 0.357. The van der Waals surface area contributed by atoms with Gasteiger partial charge in [0.15, 0.2) is 0 Å². The van der Waals surface area contributed by atoms with Crippen molar-refractivity contribution in [3.05, 3.63) is 41.5 Å². The van der Waals surface area contributed by atoms with Crippen LogP contribution in [0.4, 0.5) is 0 Å². The zero-order valence-electron chi connectivity index (χ0n) is 9.80. The Balaban J connectivity index is 2.36. The molecule has 0 atom stereocenters. The van der Waals surface area contributed by atoms with E-state index in [-0.39, 0.29) is 6.61 Å². The van der Waals surface area contributed by atoms with Crippen LogP contribution in [0.25, 0.3) is 6.08 Å². The van der Waals surface area contributed by atoms with Crippen molar-refractivity contribution >= 4 is 12.0 Å². The Morgan fingerprint density at radius 2 is 1.82 bits per heavy atom. The van der Waals surface area contributed by atoms with Gasteiger partial charge in [0.05, 0.1) is 5.56 Å². The highest BCUT2D eigenvalue weighted by atomic mass is 16.4. The summed E-state index contributed by atoms with van der Waals surface area (Å²) in [5.74, 6) is -0.899. The van der Waals surface area contributed by atoms with Crippen molar-refractivity contribution < 1.29 is 15.0 Å². The summed E-state index contributed by atoms with van der Waals surface area (Å²) in [6, 6.07) is 6.81. The number of benzene rings is 1. The van der Waals surface area contributed by atoms with E-state index in [1.807, 2.05) is 6.08 Å². The second kappa shape index (κ2) is 7.63. The Kier molecular flexibility index (Phi) is 6.04. The van der Waals surface area contributed by atoms with Crippen molar-refractivity contribution in [3.8, 4) is 0 Å². The van der Waals surface area contributed by atoms with Gasteiger partial charge >= 0.3 is 5.97 Å². The molecule has 17 heavy (non-hydrogen) atoms. The van der Waals surface area contributed by atoms with Gasteiger partial charge in [-0.2, -0.15) is 0 Å². The van der Waals surface area contributed by atoms with Crippen molar-refractivity contribution in [1.82, 2.24) is 0 Å². The summed E-state index contributed by atoms with van der Waals surface area (Å²) < 4.78 is 0. The van der Waals surface area contributed by atoms with E-state index in [9.17, 15) is 4.79 Å². The molecule has 0 aliphatic heterocycles. The maximum Gasteiger partial charge on any atom is 0.335 e. The van der Waals surface area contributed by atoms with Gasteiger partial charge in [-0.15, -0.1) is 0 Å². The fourth-order valence-electron chi connectivity index (χ4n) is 1.51. The molecule has 0 spiro atoms. The van der Waals surface area contributed by atoms with Crippen LogP contribution in [0.2, 0.25) is 0 Å². The number of carbonyl (C=O) groups is 1. The number of hydrogen-bond donors (Lipinski definition) is 2. The molecule has 0 unspecified atom stereocenters. The molecule has 0 amide bonds. The number of carboxylic acid groups (broad SMARTS) is 1. The lowest BCUT2D eigenvalue weighted by molar-refractivity contribution is 0.0697. The molecule has 0 aliphatic carbocycles. The largest absolute Gasteiger partial charge is 0.478 e. The van der Waals surface area contributed by atoms with E-state index in [0.717, 1.165) is 31.2 Å². The van der Waals surface area contributed by atoms with Gasteiger partial charge in [-0.05, 0) is 37.0 Å². The average molecular weight is 234 g/mol. The first-order valence-electron chi connectivity index (χ1n) is 5.85. The highest BCUT2D eigenvalue weighted by Gasteiger charge is 1.99.